The third-order valence-electron chi connectivity index (χ3n) is 3.75. The van der Waals surface area contributed by atoms with Crippen molar-refractivity contribution in [1.29, 1.82) is 0 Å². The van der Waals surface area contributed by atoms with Gasteiger partial charge in [0.2, 0.25) is 0 Å². The van der Waals surface area contributed by atoms with E-state index in [9.17, 15) is 4.79 Å². The lowest BCUT2D eigenvalue weighted by atomic mass is 9.98. The lowest BCUT2D eigenvalue weighted by Gasteiger charge is -2.50. The standard InChI is InChI=1S/C17H29NO6S/c1-7-8-20-14-11(18-15(19)24-16(2,3)4)13(25)12-10(22-14)9-21-17(5,6)23-12/h7,10-14,25H,1,8-9H2,2-6H3,(H,18,19)/t10-,11-,12-,13-,14+/m1/s1. The molecule has 0 radical (unpaired) electrons. The average Bonchev–Trinajstić information content (AvgIpc) is 2.47. The summed E-state index contributed by atoms with van der Waals surface area (Å²) < 4.78 is 28.6. The van der Waals surface area contributed by atoms with E-state index in [2.05, 4.69) is 24.5 Å². The van der Waals surface area contributed by atoms with Crippen LogP contribution in [0, 0.1) is 0 Å². The predicted octanol–water partition coefficient (Wildman–Crippen LogP) is 2.26. The fourth-order valence-electron chi connectivity index (χ4n) is 2.75. The Bertz CT molecular complexity index is 492. The summed E-state index contributed by atoms with van der Waals surface area (Å²) in [6.07, 6.45) is -0.331. The molecule has 1 amide bonds. The number of nitrogens with one attached hydrogen (secondary N) is 1. The summed E-state index contributed by atoms with van der Waals surface area (Å²) in [5, 5.41) is 2.44. The molecule has 0 bridgehead atoms. The van der Waals surface area contributed by atoms with Crippen LogP contribution in [-0.4, -0.2) is 60.5 Å². The van der Waals surface area contributed by atoms with Gasteiger partial charge in [-0.25, -0.2) is 4.79 Å². The van der Waals surface area contributed by atoms with E-state index in [4.69, 9.17) is 23.7 Å². The highest BCUT2D eigenvalue weighted by Gasteiger charge is 2.51. The van der Waals surface area contributed by atoms with E-state index in [-0.39, 0.29) is 24.1 Å². The van der Waals surface area contributed by atoms with Crippen LogP contribution >= 0.6 is 12.6 Å². The Kier molecular flexibility index (Phi) is 6.43. The number of fused-ring (bicyclic) bond motifs is 1. The zero-order valence-electron chi connectivity index (χ0n) is 15.5. The first-order valence-electron chi connectivity index (χ1n) is 8.40. The third-order valence-corrected chi connectivity index (χ3v) is 4.36. The van der Waals surface area contributed by atoms with Gasteiger partial charge in [-0.15, -0.1) is 6.58 Å². The van der Waals surface area contributed by atoms with Gasteiger partial charge in [0.15, 0.2) is 12.1 Å². The first-order valence-corrected chi connectivity index (χ1v) is 8.91. The van der Waals surface area contributed by atoms with Crippen LogP contribution in [0.3, 0.4) is 0 Å². The normalized spacial score (nSPS) is 34.7. The van der Waals surface area contributed by atoms with Gasteiger partial charge in [-0.05, 0) is 34.6 Å². The zero-order chi connectivity index (χ0) is 18.8. The molecule has 2 fully saturated rings. The van der Waals surface area contributed by atoms with Crippen molar-refractivity contribution in [2.75, 3.05) is 13.2 Å². The number of carbonyl (C=O) groups excluding carboxylic acids is 1. The second-order valence-corrected chi connectivity index (χ2v) is 8.22. The number of thiol groups is 1. The molecule has 0 aromatic rings. The summed E-state index contributed by atoms with van der Waals surface area (Å²) in [4.78, 5) is 12.2. The van der Waals surface area contributed by atoms with Gasteiger partial charge in [-0.2, -0.15) is 12.6 Å². The second kappa shape index (κ2) is 7.84. The van der Waals surface area contributed by atoms with Crippen LogP contribution in [0.4, 0.5) is 4.79 Å². The molecular formula is C17H29NO6S. The average molecular weight is 375 g/mol. The lowest BCUT2D eigenvalue weighted by molar-refractivity contribution is -0.346. The van der Waals surface area contributed by atoms with Gasteiger partial charge in [-0.1, -0.05) is 6.08 Å². The highest BCUT2D eigenvalue weighted by atomic mass is 32.1. The van der Waals surface area contributed by atoms with E-state index in [1.54, 1.807) is 26.8 Å². The number of amides is 1. The van der Waals surface area contributed by atoms with Crippen molar-refractivity contribution < 1.29 is 28.5 Å². The minimum atomic E-state index is -0.739. The summed E-state index contributed by atoms with van der Waals surface area (Å²) >= 11 is 4.69. The van der Waals surface area contributed by atoms with Gasteiger partial charge in [0.1, 0.15) is 17.8 Å². The molecule has 1 N–H and O–H groups in total. The smallest absolute Gasteiger partial charge is 0.408 e. The molecular weight excluding hydrogens is 346 g/mol. The van der Waals surface area contributed by atoms with Crippen LogP contribution in [0.5, 0.6) is 0 Å². The fraction of sp³-hybridized carbons (Fsp3) is 0.824. The molecule has 2 aliphatic heterocycles. The van der Waals surface area contributed by atoms with Gasteiger partial charge >= 0.3 is 6.09 Å². The molecule has 2 rings (SSSR count). The van der Waals surface area contributed by atoms with E-state index in [1.165, 1.54) is 0 Å². The highest BCUT2D eigenvalue weighted by Crippen LogP contribution is 2.35. The van der Waals surface area contributed by atoms with Crippen LogP contribution < -0.4 is 5.32 Å². The number of carbonyl (C=O) groups is 1. The molecule has 8 heteroatoms. The summed E-state index contributed by atoms with van der Waals surface area (Å²) in [6.45, 7) is 13.3. The third kappa shape index (κ3) is 5.59. The molecule has 2 aliphatic rings. The minimum absolute atomic E-state index is 0.280. The van der Waals surface area contributed by atoms with Gasteiger partial charge in [0.05, 0.1) is 24.5 Å². The molecule has 25 heavy (non-hydrogen) atoms. The van der Waals surface area contributed by atoms with Gasteiger partial charge in [0, 0.05) is 0 Å². The number of ether oxygens (including phenoxy) is 5. The predicted molar refractivity (Wildman–Crippen MR) is 95.6 cm³/mol. The number of alkyl carbamates (subject to hydrolysis) is 1. The van der Waals surface area contributed by atoms with Crippen LogP contribution in [0.25, 0.3) is 0 Å². The van der Waals surface area contributed by atoms with Gasteiger partial charge < -0.3 is 29.0 Å². The zero-order valence-corrected chi connectivity index (χ0v) is 16.4. The largest absolute Gasteiger partial charge is 0.444 e. The van der Waals surface area contributed by atoms with Crippen molar-refractivity contribution in [3.05, 3.63) is 12.7 Å². The Morgan fingerprint density at radius 2 is 2.12 bits per heavy atom. The Morgan fingerprint density at radius 1 is 1.44 bits per heavy atom. The molecule has 0 aromatic heterocycles. The molecule has 0 spiro atoms. The topological polar surface area (TPSA) is 75.3 Å². The maximum absolute atomic E-state index is 12.2. The van der Waals surface area contributed by atoms with Crippen molar-refractivity contribution in [2.45, 2.75) is 75.8 Å². The summed E-state index contributed by atoms with van der Waals surface area (Å²) in [7, 11) is 0. The lowest BCUT2D eigenvalue weighted by Crippen LogP contribution is -2.67. The SMILES string of the molecule is C=CCO[C@H]1O[C@@H]2COC(C)(C)O[C@H]2[C@H](S)[C@H]1NC(=O)OC(C)(C)C. The van der Waals surface area contributed by atoms with Crippen LogP contribution in [0.2, 0.25) is 0 Å². The molecule has 0 aliphatic carbocycles. The fourth-order valence-corrected chi connectivity index (χ4v) is 3.21. The second-order valence-electron chi connectivity index (χ2n) is 7.62. The van der Waals surface area contributed by atoms with Crippen molar-refractivity contribution in [1.82, 2.24) is 5.32 Å². The first-order chi connectivity index (χ1) is 11.5. The molecule has 5 atom stereocenters. The molecule has 2 heterocycles. The van der Waals surface area contributed by atoms with Crippen LogP contribution in [-0.2, 0) is 23.7 Å². The Hall–Kier alpha value is -0.800. The van der Waals surface area contributed by atoms with E-state index in [1.807, 2.05) is 13.8 Å². The van der Waals surface area contributed by atoms with E-state index in [0.29, 0.717) is 6.61 Å². The van der Waals surface area contributed by atoms with E-state index in [0.717, 1.165) is 0 Å². The van der Waals surface area contributed by atoms with Crippen molar-refractivity contribution in [3.8, 4) is 0 Å². The summed E-state index contributed by atoms with van der Waals surface area (Å²) in [5.74, 6) is -0.739. The van der Waals surface area contributed by atoms with Crippen LogP contribution in [0.15, 0.2) is 12.7 Å². The quantitative estimate of drug-likeness (QED) is 0.580. The van der Waals surface area contributed by atoms with E-state index >= 15 is 0 Å². The van der Waals surface area contributed by atoms with Gasteiger partial charge in [0.25, 0.3) is 0 Å². The number of hydrogen-bond acceptors (Lipinski definition) is 7. The summed E-state index contributed by atoms with van der Waals surface area (Å²) in [5.41, 5.74) is -0.608. The minimum Gasteiger partial charge on any atom is -0.444 e. The highest BCUT2D eigenvalue weighted by molar-refractivity contribution is 7.81. The van der Waals surface area contributed by atoms with Gasteiger partial charge in [-0.3, -0.25) is 0 Å². The number of rotatable bonds is 4. The van der Waals surface area contributed by atoms with Crippen molar-refractivity contribution in [2.24, 2.45) is 0 Å². The van der Waals surface area contributed by atoms with Crippen molar-refractivity contribution >= 4 is 18.7 Å². The monoisotopic (exact) mass is 375 g/mol. The Labute approximate surface area is 154 Å². The maximum atomic E-state index is 12.2. The van der Waals surface area contributed by atoms with Crippen molar-refractivity contribution in [3.63, 3.8) is 0 Å². The molecule has 0 saturated carbocycles. The molecule has 7 nitrogen and oxygen atoms in total. The first kappa shape index (κ1) is 20.5. The molecule has 2 saturated heterocycles. The number of hydrogen-bond donors (Lipinski definition) is 2. The molecule has 144 valence electrons. The van der Waals surface area contributed by atoms with E-state index < -0.39 is 29.8 Å². The maximum Gasteiger partial charge on any atom is 0.408 e. The Balaban J connectivity index is 2.13. The molecule has 0 aromatic carbocycles. The Morgan fingerprint density at radius 3 is 2.72 bits per heavy atom. The van der Waals surface area contributed by atoms with Crippen LogP contribution in [0.1, 0.15) is 34.6 Å². The molecule has 0 unspecified atom stereocenters. The summed E-state index contributed by atoms with van der Waals surface area (Å²) in [6, 6.07) is -0.548.